The first kappa shape index (κ1) is 13.7. The van der Waals surface area contributed by atoms with Gasteiger partial charge in [0.25, 0.3) is 0 Å². The van der Waals surface area contributed by atoms with Crippen LogP contribution in [-0.4, -0.2) is 16.9 Å². The molecule has 100 valence electrons. The van der Waals surface area contributed by atoms with Gasteiger partial charge in [-0.1, -0.05) is 30.3 Å². The molecular weight excluding hydrogens is 258 g/mol. The second-order valence-electron chi connectivity index (χ2n) is 4.40. The van der Waals surface area contributed by atoms with Crippen molar-refractivity contribution < 1.29 is 4.79 Å². The minimum atomic E-state index is -0.537. The minimum Gasteiger partial charge on any atom is -0.346 e. The number of nitrogens with two attached hydrogens (primary N) is 1. The lowest BCUT2D eigenvalue weighted by molar-refractivity contribution is -0.123. The standard InChI is InChI=1S/C14H17N3OS/c1-10(14-16-7-8-19-14)17-13(18)12(15)9-11-5-3-2-4-6-11/h2-8,10,12H,9,15H2,1H3,(H,17,18). The quantitative estimate of drug-likeness (QED) is 0.875. The van der Waals surface area contributed by atoms with E-state index in [1.165, 1.54) is 11.3 Å². The average Bonchev–Trinajstić information content (AvgIpc) is 2.93. The fourth-order valence-electron chi connectivity index (χ4n) is 1.79. The summed E-state index contributed by atoms with van der Waals surface area (Å²) in [5.41, 5.74) is 6.98. The van der Waals surface area contributed by atoms with Gasteiger partial charge in [-0.2, -0.15) is 0 Å². The molecule has 3 N–H and O–H groups in total. The molecule has 2 rings (SSSR count). The Labute approximate surface area is 116 Å². The van der Waals surface area contributed by atoms with Crippen LogP contribution in [0.5, 0.6) is 0 Å². The molecule has 1 amide bonds. The summed E-state index contributed by atoms with van der Waals surface area (Å²) in [5.74, 6) is -0.147. The highest BCUT2D eigenvalue weighted by Crippen LogP contribution is 2.14. The zero-order chi connectivity index (χ0) is 13.7. The van der Waals surface area contributed by atoms with Crippen LogP contribution < -0.4 is 11.1 Å². The number of hydrogen-bond acceptors (Lipinski definition) is 4. The van der Waals surface area contributed by atoms with Crippen molar-refractivity contribution in [2.24, 2.45) is 5.73 Å². The van der Waals surface area contributed by atoms with Crippen molar-refractivity contribution in [3.05, 3.63) is 52.5 Å². The molecule has 0 spiro atoms. The number of amides is 1. The molecule has 0 saturated heterocycles. The van der Waals surface area contributed by atoms with E-state index >= 15 is 0 Å². The molecule has 0 aliphatic carbocycles. The lowest BCUT2D eigenvalue weighted by atomic mass is 10.1. The molecule has 5 heteroatoms. The Bertz CT molecular complexity index is 513. The van der Waals surface area contributed by atoms with E-state index in [2.05, 4.69) is 10.3 Å². The van der Waals surface area contributed by atoms with E-state index in [-0.39, 0.29) is 11.9 Å². The third-order valence-corrected chi connectivity index (χ3v) is 3.77. The molecule has 0 aliphatic heterocycles. The first-order valence-corrected chi connectivity index (χ1v) is 7.04. The number of benzene rings is 1. The van der Waals surface area contributed by atoms with Gasteiger partial charge in [0.1, 0.15) is 5.01 Å². The van der Waals surface area contributed by atoms with Crippen LogP contribution in [0.1, 0.15) is 23.5 Å². The summed E-state index contributed by atoms with van der Waals surface area (Å²) < 4.78 is 0. The van der Waals surface area contributed by atoms with E-state index in [1.54, 1.807) is 6.20 Å². The number of nitrogens with one attached hydrogen (secondary N) is 1. The highest BCUT2D eigenvalue weighted by Gasteiger charge is 2.17. The molecule has 2 atom stereocenters. The summed E-state index contributed by atoms with van der Waals surface area (Å²) in [6.07, 6.45) is 2.27. The van der Waals surface area contributed by atoms with Gasteiger partial charge in [-0.15, -0.1) is 11.3 Å². The van der Waals surface area contributed by atoms with Crippen molar-refractivity contribution in [1.82, 2.24) is 10.3 Å². The van der Waals surface area contributed by atoms with Crippen LogP contribution in [0.15, 0.2) is 41.9 Å². The lowest BCUT2D eigenvalue weighted by Crippen LogP contribution is -2.42. The Hall–Kier alpha value is -1.72. The summed E-state index contributed by atoms with van der Waals surface area (Å²) in [7, 11) is 0. The summed E-state index contributed by atoms with van der Waals surface area (Å²) in [6, 6.07) is 9.13. The van der Waals surface area contributed by atoms with Crippen molar-refractivity contribution in [3.63, 3.8) is 0 Å². The Morgan fingerprint density at radius 1 is 1.42 bits per heavy atom. The minimum absolute atomic E-state index is 0.102. The van der Waals surface area contributed by atoms with Crippen LogP contribution in [0.2, 0.25) is 0 Å². The number of carbonyl (C=O) groups excluding carboxylic acids is 1. The van der Waals surface area contributed by atoms with Crippen molar-refractivity contribution in [1.29, 1.82) is 0 Å². The maximum atomic E-state index is 12.0. The summed E-state index contributed by atoms with van der Waals surface area (Å²) >= 11 is 1.52. The second-order valence-corrected chi connectivity index (χ2v) is 5.32. The first-order valence-electron chi connectivity index (χ1n) is 6.16. The molecule has 0 bridgehead atoms. The van der Waals surface area contributed by atoms with Crippen LogP contribution in [0.4, 0.5) is 0 Å². The fourth-order valence-corrected chi connectivity index (χ4v) is 2.44. The summed E-state index contributed by atoms with van der Waals surface area (Å²) in [4.78, 5) is 16.2. The van der Waals surface area contributed by atoms with Crippen LogP contribution in [0.25, 0.3) is 0 Å². The van der Waals surface area contributed by atoms with E-state index in [0.29, 0.717) is 6.42 Å². The van der Waals surface area contributed by atoms with Crippen molar-refractivity contribution in [2.75, 3.05) is 0 Å². The highest BCUT2D eigenvalue weighted by molar-refractivity contribution is 7.09. The molecule has 19 heavy (non-hydrogen) atoms. The van der Waals surface area contributed by atoms with Crippen LogP contribution in [-0.2, 0) is 11.2 Å². The van der Waals surface area contributed by atoms with E-state index in [0.717, 1.165) is 10.6 Å². The van der Waals surface area contributed by atoms with Gasteiger partial charge < -0.3 is 11.1 Å². The average molecular weight is 275 g/mol. The van der Waals surface area contributed by atoms with Gasteiger partial charge in [0, 0.05) is 11.6 Å². The highest BCUT2D eigenvalue weighted by atomic mass is 32.1. The van der Waals surface area contributed by atoms with Crippen LogP contribution >= 0.6 is 11.3 Å². The SMILES string of the molecule is CC(NC(=O)C(N)Cc1ccccc1)c1nccs1. The third-order valence-electron chi connectivity index (χ3n) is 2.82. The van der Waals surface area contributed by atoms with Gasteiger partial charge in [-0.3, -0.25) is 4.79 Å². The molecule has 0 fully saturated rings. The molecule has 0 radical (unpaired) electrons. The molecule has 1 heterocycles. The predicted molar refractivity (Wildman–Crippen MR) is 76.8 cm³/mol. The van der Waals surface area contributed by atoms with E-state index in [4.69, 9.17) is 5.73 Å². The summed E-state index contributed by atoms with van der Waals surface area (Å²) in [6.45, 7) is 1.91. The number of carbonyl (C=O) groups is 1. The molecule has 2 unspecified atom stereocenters. The number of aromatic nitrogens is 1. The van der Waals surface area contributed by atoms with Gasteiger partial charge in [0.2, 0.25) is 5.91 Å². The Morgan fingerprint density at radius 2 is 2.16 bits per heavy atom. The van der Waals surface area contributed by atoms with Crippen LogP contribution in [0.3, 0.4) is 0 Å². The Morgan fingerprint density at radius 3 is 2.79 bits per heavy atom. The van der Waals surface area contributed by atoms with E-state index < -0.39 is 6.04 Å². The van der Waals surface area contributed by atoms with Gasteiger partial charge in [-0.05, 0) is 18.9 Å². The topological polar surface area (TPSA) is 68.0 Å². The maximum absolute atomic E-state index is 12.0. The van der Waals surface area contributed by atoms with Gasteiger partial charge in [-0.25, -0.2) is 4.98 Å². The fraction of sp³-hybridized carbons (Fsp3) is 0.286. The lowest BCUT2D eigenvalue weighted by Gasteiger charge is -2.16. The van der Waals surface area contributed by atoms with Gasteiger partial charge >= 0.3 is 0 Å². The molecular formula is C14H17N3OS. The van der Waals surface area contributed by atoms with Crippen molar-refractivity contribution in [3.8, 4) is 0 Å². The molecule has 1 aromatic heterocycles. The zero-order valence-corrected chi connectivity index (χ0v) is 11.6. The molecule has 2 aromatic rings. The smallest absolute Gasteiger partial charge is 0.237 e. The van der Waals surface area contributed by atoms with E-state index in [9.17, 15) is 4.79 Å². The van der Waals surface area contributed by atoms with Crippen molar-refractivity contribution >= 4 is 17.2 Å². The monoisotopic (exact) mass is 275 g/mol. The maximum Gasteiger partial charge on any atom is 0.237 e. The van der Waals surface area contributed by atoms with Crippen LogP contribution in [0, 0.1) is 0 Å². The van der Waals surface area contributed by atoms with Crippen molar-refractivity contribution in [2.45, 2.75) is 25.4 Å². The molecule has 4 nitrogen and oxygen atoms in total. The second kappa shape index (κ2) is 6.45. The van der Waals surface area contributed by atoms with E-state index in [1.807, 2.05) is 42.6 Å². The van der Waals surface area contributed by atoms with Gasteiger partial charge in [0.15, 0.2) is 0 Å². The Balaban J connectivity index is 1.89. The Kier molecular flexibility index (Phi) is 4.65. The normalized spacial score (nSPS) is 13.8. The largest absolute Gasteiger partial charge is 0.346 e. The third kappa shape index (κ3) is 3.87. The number of rotatable bonds is 5. The molecule has 0 saturated carbocycles. The molecule has 1 aromatic carbocycles. The predicted octanol–water partition coefficient (Wildman–Crippen LogP) is 1.89. The number of thiazole rings is 1. The van der Waals surface area contributed by atoms with Gasteiger partial charge in [0.05, 0.1) is 12.1 Å². The first-order chi connectivity index (χ1) is 9.16. The zero-order valence-electron chi connectivity index (χ0n) is 10.7. The number of nitrogens with zero attached hydrogens (tertiary/aromatic N) is 1. The number of hydrogen-bond donors (Lipinski definition) is 2. The molecule has 0 aliphatic rings. The summed E-state index contributed by atoms with van der Waals surface area (Å²) in [5, 5.41) is 5.67.